The fourth-order valence-corrected chi connectivity index (χ4v) is 2.28. The molecule has 0 aliphatic carbocycles. The van der Waals surface area contributed by atoms with Gasteiger partial charge in [0.05, 0.1) is 14.2 Å². The third-order valence-corrected chi connectivity index (χ3v) is 3.56. The highest BCUT2D eigenvalue weighted by Crippen LogP contribution is 2.27. The predicted molar refractivity (Wildman–Crippen MR) is 83.5 cm³/mol. The molecule has 0 saturated heterocycles. The van der Waals surface area contributed by atoms with Gasteiger partial charge in [-0.15, -0.1) is 0 Å². The first-order valence-corrected chi connectivity index (χ1v) is 7.07. The van der Waals surface area contributed by atoms with Gasteiger partial charge in [0.2, 0.25) is 5.78 Å². The summed E-state index contributed by atoms with van der Waals surface area (Å²) in [5, 5.41) is 0. The second-order valence-electron chi connectivity index (χ2n) is 4.24. The Morgan fingerprint density at radius 1 is 1.00 bits per heavy atom. The lowest BCUT2D eigenvalue weighted by Crippen LogP contribution is -2.12. The Kier molecular flexibility index (Phi) is 5.22. The van der Waals surface area contributed by atoms with E-state index in [9.17, 15) is 4.79 Å². The van der Waals surface area contributed by atoms with Gasteiger partial charge in [0, 0.05) is 28.2 Å². The number of carbonyl (C=O) groups is 1. The van der Waals surface area contributed by atoms with Gasteiger partial charge in [0.1, 0.15) is 17.2 Å². The van der Waals surface area contributed by atoms with E-state index in [1.807, 2.05) is 18.2 Å². The molecule has 0 aliphatic heterocycles. The lowest BCUT2D eigenvalue weighted by Gasteiger charge is -2.10. The van der Waals surface area contributed by atoms with Crippen LogP contribution in [0.4, 0.5) is 0 Å². The van der Waals surface area contributed by atoms with Crippen LogP contribution in [-0.4, -0.2) is 26.6 Å². The quantitative estimate of drug-likeness (QED) is 0.744. The normalized spacial score (nSPS) is 10.0. The summed E-state index contributed by atoms with van der Waals surface area (Å²) in [5.41, 5.74) is 0.590. The Morgan fingerprint density at radius 2 is 1.57 bits per heavy atom. The van der Waals surface area contributed by atoms with Crippen LogP contribution in [0, 0.1) is 0 Å². The van der Waals surface area contributed by atoms with E-state index in [1.54, 1.807) is 38.5 Å². The number of hydrogen-bond acceptors (Lipinski definition) is 4. The van der Waals surface area contributed by atoms with Crippen molar-refractivity contribution in [3.63, 3.8) is 0 Å². The Bertz CT molecular complexity index is 618. The molecule has 2 aromatic rings. The van der Waals surface area contributed by atoms with Gasteiger partial charge in [-0.2, -0.15) is 0 Å². The molecule has 2 rings (SSSR count). The largest absolute Gasteiger partial charge is 0.496 e. The first-order chi connectivity index (χ1) is 10.1. The molecule has 0 radical (unpaired) electrons. The molecule has 0 unspecified atom stereocenters. The van der Waals surface area contributed by atoms with Crippen LogP contribution in [0.5, 0.6) is 17.2 Å². The minimum Gasteiger partial charge on any atom is -0.496 e. The third-order valence-electron chi connectivity index (χ3n) is 2.87. The van der Waals surface area contributed by atoms with Gasteiger partial charge >= 0.3 is 0 Å². The molecule has 5 heteroatoms. The molecule has 0 N–H and O–H groups in total. The maximum absolute atomic E-state index is 12.1. The molecule has 0 fully saturated rings. The number of benzene rings is 2. The van der Waals surface area contributed by atoms with Gasteiger partial charge in [-0.25, -0.2) is 0 Å². The van der Waals surface area contributed by atoms with E-state index in [0.29, 0.717) is 22.8 Å². The summed E-state index contributed by atoms with van der Waals surface area (Å²) in [6.45, 7) is -0.0566. The summed E-state index contributed by atoms with van der Waals surface area (Å²) in [4.78, 5) is 12.1. The maximum Gasteiger partial charge on any atom is 0.201 e. The van der Waals surface area contributed by atoms with Crippen molar-refractivity contribution < 1.29 is 19.0 Å². The Balaban J connectivity index is 2.09. The highest BCUT2D eigenvalue weighted by atomic mass is 79.9. The molecule has 2 aromatic carbocycles. The van der Waals surface area contributed by atoms with Crippen LogP contribution in [0.2, 0.25) is 0 Å². The topological polar surface area (TPSA) is 44.8 Å². The minimum atomic E-state index is -0.107. The summed E-state index contributed by atoms with van der Waals surface area (Å²) >= 11 is 3.35. The highest BCUT2D eigenvalue weighted by Gasteiger charge is 2.11. The van der Waals surface area contributed by atoms with Crippen LogP contribution in [0.25, 0.3) is 0 Å². The van der Waals surface area contributed by atoms with Crippen LogP contribution >= 0.6 is 15.9 Å². The van der Waals surface area contributed by atoms with Gasteiger partial charge in [-0.05, 0) is 6.07 Å². The van der Waals surface area contributed by atoms with Crippen LogP contribution in [-0.2, 0) is 0 Å². The number of Topliss-reactive ketones (excluding diaryl/α,β-unsaturated/α-hetero) is 1. The molecule has 0 amide bonds. The second kappa shape index (κ2) is 7.13. The average molecular weight is 351 g/mol. The van der Waals surface area contributed by atoms with E-state index < -0.39 is 0 Å². The number of methoxy groups -OCH3 is 2. The first kappa shape index (κ1) is 15.4. The standard InChI is InChI=1S/C16H15BrO4/c1-19-11-7-12(20-2)9-13(8-11)21-10-16(18)14-5-3-4-6-15(14)17/h3-9H,10H2,1-2H3. The fraction of sp³-hybridized carbons (Fsp3) is 0.188. The van der Waals surface area contributed by atoms with Crippen LogP contribution < -0.4 is 14.2 Å². The highest BCUT2D eigenvalue weighted by molar-refractivity contribution is 9.10. The monoisotopic (exact) mass is 350 g/mol. The Hall–Kier alpha value is -2.01. The second-order valence-corrected chi connectivity index (χ2v) is 5.09. The predicted octanol–water partition coefficient (Wildman–Crippen LogP) is 3.73. The Morgan fingerprint density at radius 3 is 2.14 bits per heavy atom. The van der Waals surface area contributed by atoms with Crippen molar-refractivity contribution in [1.82, 2.24) is 0 Å². The number of rotatable bonds is 6. The molecule has 21 heavy (non-hydrogen) atoms. The molecule has 0 atom stereocenters. The van der Waals surface area contributed by atoms with Gasteiger partial charge in [0.25, 0.3) is 0 Å². The van der Waals surface area contributed by atoms with Crippen molar-refractivity contribution in [2.24, 2.45) is 0 Å². The van der Waals surface area contributed by atoms with Crippen molar-refractivity contribution >= 4 is 21.7 Å². The summed E-state index contributed by atoms with van der Waals surface area (Å²) in [5.74, 6) is 1.63. The zero-order chi connectivity index (χ0) is 15.2. The summed E-state index contributed by atoms with van der Waals surface area (Å²) in [7, 11) is 3.12. The number of ketones is 1. The van der Waals surface area contributed by atoms with E-state index in [0.717, 1.165) is 4.47 Å². The van der Waals surface area contributed by atoms with Crippen molar-refractivity contribution in [2.45, 2.75) is 0 Å². The van der Waals surface area contributed by atoms with Crippen LogP contribution in [0.3, 0.4) is 0 Å². The molecule has 110 valence electrons. The molecule has 0 spiro atoms. The molecule has 0 aliphatic rings. The van der Waals surface area contributed by atoms with Crippen molar-refractivity contribution in [2.75, 3.05) is 20.8 Å². The lowest BCUT2D eigenvalue weighted by atomic mass is 10.1. The SMILES string of the molecule is COc1cc(OC)cc(OCC(=O)c2ccccc2Br)c1. The molecule has 0 heterocycles. The summed E-state index contributed by atoms with van der Waals surface area (Å²) in [6.07, 6.45) is 0. The van der Waals surface area contributed by atoms with E-state index in [1.165, 1.54) is 0 Å². The molecule has 4 nitrogen and oxygen atoms in total. The van der Waals surface area contributed by atoms with Crippen molar-refractivity contribution in [3.05, 3.63) is 52.5 Å². The number of halogens is 1. The van der Waals surface area contributed by atoms with Crippen LogP contribution in [0.15, 0.2) is 46.9 Å². The summed E-state index contributed by atoms with van der Waals surface area (Å²) in [6, 6.07) is 12.4. The van der Waals surface area contributed by atoms with E-state index in [2.05, 4.69) is 15.9 Å². The van der Waals surface area contributed by atoms with E-state index in [4.69, 9.17) is 14.2 Å². The molecule has 0 aromatic heterocycles. The van der Waals surface area contributed by atoms with Gasteiger partial charge in [0.15, 0.2) is 6.61 Å². The average Bonchev–Trinajstić information content (AvgIpc) is 2.52. The zero-order valence-electron chi connectivity index (χ0n) is 11.8. The molecule has 0 bridgehead atoms. The number of ether oxygens (including phenoxy) is 3. The maximum atomic E-state index is 12.1. The third kappa shape index (κ3) is 3.98. The molecular weight excluding hydrogens is 336 g/mol. The van der Waals surface area contributed by atoms with E-state index in [-0.39, 0.29) is 12.4 Å². The number of hydrogen-bond donors (Lipinski definition) is 0. The molecular formula is C16H15BrO4. The van der Waals surface area contributed by atoms with Gasteiger partial charge < -0.3 is 14.2 Å². The zero-order valence-corrected chi connectivity index (χ0v) is 13.3. The summed E-state index contributed by atoms with van der Waals surface area (Å²) < 4.78 is 16.6. The van der Waals surface area contributed by atoms with E-state index >= 15 is 0 Å². The van der Waals surface area contributed by atoms with Crippen molar-refractivity contribution in [1.29, 1.82) is 0 Å². The van der Waals surface area contributed by atoms with Crippen molar-refractivity contribution in [3.8, 4) is 17.2 Å². The van der Waals surface area contributed by atoms with Gasteiger partial charge in [-0.1, -0.05) is 34.1 Å². The Labute approximate surface area is 131 Å². The van der Waals surface area contributed by atoms with Gasteiger partial charge in [-0.3, -0.25) is 4.79 Å². The number of carbonyl (C=O) groups excluding carboxylic acids is 1. The minimum absolute atomic E-state index is 0.0566. The molecule has 0 saturated carbocycles. The fourth-order valence-electron chi connectivity index (χ4n) is 1.78. The lowest BCUT2D eigenvalue weighted by molar-refractivity contribution is 0.0920. The smallest absolute Gasteiger partial charge is 0.201 e. The first-order valence-electron chi connectivity index (χ1n) is 6.27. The van der Waals surface area contributed by atoms with Crippen LogP contribution in [0.1, 0.15) is 10.4 Å².